The lowest BCUT2D eigenvalue weighted by Crippen LogP contribution is -2.12. The Morgan fingerprint density at radius 3 is 0.912 bits per heavy atom. The van der Waals surface area contributed by atoms with Crippen LogP contribution in [0.4, 0.5) is 0 Å². The summed E-state index contributed by atoms with van der Waals surface area (Å²) in [6, 6.07) is 0. The first-order valence-electron chi connectivity index (χ1n) is 12.0. The second-order valence-electron chi connectivity index (χ2n) is 9.97. The van der Waals surface area contributed by atoms with Crippen LogP contribution >= 0.6 is 0 Å². The summed E-state index contributed by atoms with van der Waals surface area (Å²) in [6.45, 7) is 29.8. The van der Waals surface area contributed by atoms with E-state index in [9.17, 15) is 0 Å². The summed E-state index contributed by atoms with van der Waals surface area (Å²) < 4.78 is 0. The standard InChI is InChI=1S/C30H42N4/c1-15(2)31-33-25(13)27-19(7)17(5)21(9)29(23(27)11)30-22(10)18(6)20(8)28(24(30)12)26(14)34-32-16(3)4/h1-14H3/b33-25+,34-26+. The summed E-state index contributed by atoms with van der Waals surface area (Å²) in [5, 5.41) is 17.8. The van der Waals surface area contributed by atoms with E-state index in [1.54, 1.807) is 0 Å². The van der Waals surface area contributed by atoms with Gasteiger partial charge in [0.2, 0.25) is 0 Å². The predicted molar refractivity (Wildman–Crippen MR) is 152 cm³/mol. The zero-order chi connectivity index (χ0) is 26.1. The summed E-state index contributed by atoms with van der Waals surface area (Å²) in [6.07, 6.45) is 0. The lowest BCUT2D eigenvalue weighted by molar-refractivity contribution is 1.16. The molecule has 0 spiro atoms. The Morgan fingerprint density at radius 1 is 0.353 bits per heavy atom. The molecule has 0 unspecified atom stereocenters. The fraction of sp³-hybridized carbons (Fsp3) is 0.467. The number of benzene rings is 2. The highest BCUT2D eigenvalue weighted by Crippen LogP contribution is 2.41. The maximum absolute atomic E-state index is 4.56. The minimum Gasteiger partial charge on any atom is -0.160 e. The van der Waals surface area contributed by atoms with Crippen molar-refractivity contribution in [2.75, 3.05) is 0 Å². The zero-order valence-corrected chi connectivity index (χ0v) is 23.8. The molecule has 0 saturated heterocycles. The van der Waals surface area contributed by atoms with Crippen LogP contribution in [0.1, 0.15) is 97.2 Å². The van der Waals surface area contributed by atoms with Gasteiger partial charge in [-0.05, 0) is 153 Å². The molecule has 0 aliphatic carbocycles. The lowest BCUT2D eigenvalue weighted by atomic mass is 9.78. The minimum absolute atomic E-state index is 0.948. The molecule has 4 heteroatoms. The van der Waals surface area contributed by atoms with E-state index < -0.39 is 0 Å². The molecule has 0 fully saturated rings. The van der Waals surface area contributed by atoms with Crippen molar-refractivity contribution in [1.29, 1.82) is 0 Å². The van der Waals surface area contributed by atoms with E-state index in [1.807, 2.05) is 27.7 Å². The van der Waals surface area contributed by atoms with Crippen molar-refractivity contribution in [3.05, 3.63) is 55.6 Å². The van der Waals surface area contributed by atoms with Gasteiger partial charge < -0.3 is 0 Å². The maximum atomic E-state index is 4.56. The monoisotopic (exact) mass is 458 g/mol. The first-order chi connectivity index (χ1) is 15.7. The van der Waals surface area contributed by atoms with E-state index in [4.69, 9.17) is 0 Å². The second-order valence-corrected chi connectivity index (χ2v) is 9.97. The van der Waals surface area contributed by atoms with Gasteiger partial charge >= 0.3 is 0 Å². The van der Waals surface area contributed by atoms with Gasteiger partial charge in [-0.3, -0.25) is 0 Å². The van der Waals surface area contributed by atoms with Crippen LogP contribution in [-0.2, 0) is 0 Å². The molecule has 0 amide bonds. The molecule has 0 heterocycles. The third-order valence-corrected chi connectivity index (χ3v) is 7.02. The highest BCUT2D eigenvalue weighted by Gasteiger charge is 2.24. The molecule has 2 rings (SSSR count). The quantitative estimate of drug-likeness (QED) is 0.320. The summed E-state index contributed by atoms with van der Waals surface area (Å²) in [4.78, 5) is 0. The van der Waals surface area contributed by atoms with E-state index in [2.05, 4.69) is 89.6 Å². The number of nitrogens with zero attached hydrogens (tertiary/aromatic N) is 4. The van der Waals surface area contributed by atoms with Crippen molar-refractivity contribution in [3.63, 3.8) is 0 Å². The van der Waals surface area contributed by atoms with Crippen molar-refractivity contribution < 1.29 is 0 Å². The fourth-order valence-electron chi connectivity index (χ4n) is 4.97. The number of rotatable bonds is 5. The largest absolute Gasteiger partial charge is 0.160 e. The Bertz CT molecular complexity index is 1160. The Morgan fingerprint density at radius 2 is 0.647 bits per heavy atom. The second kappa shape index (κ2) is 10.6. The highest BCUT2D eigenvalue weighted by molar-refractivity contribution is 6.06. The van der Waals surface area contributed by atoms with Crippen LogP contribution in [0.3, 0.4) is 0 Å². The van der Waals surface area contributed by atoms with Gasteiger partial charge in [0.15, 0.2) is 0 Å². The molecule has 0 atom stereocenters. The molecule has 0 radical (unpaired) electrons. The average molecular weight is 459 g/mol. The molecular weight excluding hydrogens is 416 g/mol. The Labute approximate surface area is 207 Å². The average Bonchev–Trinajstić information content (AvgIpc) is 2.75. The third-order valence-electron chi connectivity index (χ3n) is 7.02. The molecule has 0 aliphatic rings. The molecular formula is C30H42N4. The van der Waals surface area contributed by atoms with Crippen molar-refractivity contribution in [3.8, 4) is 11.1 Å². The van der Waals surface area contributed by atoms with Crippen LogP contribution < -0.4 is 0 Å². The van der Waals surface area contributed by atoms with Gasteiger partial charge in [-0.2, -0.15) is 20.4 Å². The third kappa shape index (κ3) is 5.11. The van der Waals surface area contributed by atoms with Gasteiger partial charge in [-0.15, -0.1) is 0 Å². The van der Waals surface area contributed by atoms with Crippen LogP contribution in [0.25, 0.3) is 11.1 Å². The molecule has 2 aromatic rings. The van der Waals surface area contributed by atoms with Gasteiger partial charge in [0, 0.05) is 22.6 Å². The summed E-state index contributed by atoms with van der Waals surface area (Å²) in [5.41, 5.74) is 19.1. The highest BCUT2D eigenvalue weighted by atomic mass is 15.2. The molecule has 182 valence electrons. The Hall–Kier alpha value is -2.88. The first kappa shape index (κ1) is 27.4. The molecule has 0 saturated carbocycles. The van der Waals surface area contributed by atoms with E-state index in [-0.39, 0.29) is 0 Å². The zero-order valence-electron chi connectivity index (χ0n) is 23.8. The van der Waals surface area contributed by atoms with Gasteiger partial charge in [0.05, 0.1) is 11.4 Å². The van der Waals surface area contributed by atoms with Crippen LogP contribution in [0.2, 0.25) is 0 Å². The topological polar surface area (TPSA) is 49.4 Å². The van der Waals surface area contributed by atoms with Crippen LogP contribution in [0.5, 0.6) is 0 Å². The van der Waals surface area contributed by atoms with E-state index in [1.165, 1.54) is 66.8 Å². The Balaban J connectivity index is 3.06. The van der Waals surface area contributed by atoms with Gasteiger partial charge in [0.25, 0.3) is 0 Å². The Kier molecular flexibility index (Phi) is 8.52. The van der Waals surface area contributed by atoms with Crippen LogP contribution in [-0.4, -0.2) is 22.8 Å². The van der Waals surface area contributed by atoms with E-state index in [0.29, 0.717) is 0 Å². The van der Waals surface area contributed by atoms with E-state index >= 15 is 0 Å². The number of hydrogen-bond acceptors (Lipinski definition) is 4. The van der Waals surface area contributed by atoms with Crippen molar-refractivity contribution in [2.45, 2.75) is 96.9 Å². The van der Waals surface area contributed by atoms with Gasteiger partial charge in [0.1, 0.15) is 0 Å². The SMILES string of the molecule is CC(C)=N/N=C(\C)c1c(C)c(C)c(C)c(-c2c(C)c(C)c(C)c(/C(C)=N/N=C(C)C)c2C)c1C. The van der Waals surface area contributed by atoms with E-state index in [0.717, 1.165) is 22.8 Å². The summed E-state index contributed by atoms with van der Waals surface area (Å²) in [7, 11) is 0. The van der Waals surface area contributed by atoms with Gasteiger partial charge in [-0.25, -0.2) is 0 Å². The van der Waals surface area contributed by atoms with Crippen molar-refractivity contribution in [2.24, 2.45) is 20.4 Å². The van der Waals surface area contributed by atoms with Gasteiger partial charge in [-0.1, -0.05) is 0 Å². The summed E-state index contributed by atoms with van der Waals surface area (Å²) in [5.74, 6) is 0. The molecule has 0 aromatic heterocycles. The van der Waals surface area contributed by atoms with Crippen LogP contribution in [0, 0.1) is 55.4 Å². The fourth-order valence-corrected chi connectivity index (χ4v) is 4.97. The smallest absolute Gasteiger partial charge is 0.0677 e. The molecule has 0 bridgehead atoms. The molecule has 34 heavy (non-hydrogen) atoms. The minimum atomic E-state index is 0.948. The first-order valence-corrected chi connectivity index (χ1v) is 12.0. The van der Waals surface area contributed by atoms with Crippen LogP contribution in [0.15, 0.2) is 20.4 Å². The molecule has 0 aliphatic heterocycles. The van der Waals surface area contributed by atoms with Crippen molar-refractivity contribution >= 4 is 22.8 Å². The maximum Gasteiger partial charge on any atom is 0.0677 e. The number of hydrogen-bond donors (Lipinski definition) is 0. The summed E-state index contributed by atoms with van der Waals surface area (Å²) >= 11 is 0. The predicted octanol–water partition coefficient (Wildman–Crippen LogP) is 8.23. The molecule has 0 N–H and O–H groups in total. The lowest BCUT2D eigenvalue weighted by Gasteiger charge is -2.26. The molecule has 2 aromatic carbocycles. The normalized spacial score (nSPS) is 12.2. The van der Waals surface area contributed by atoms with Crippen molar-refractivity contribution in [1.82, 2.24) is 0 Å². The molecule has 4 nitrogen and oxygen atoms in total.